The second kappa shape index (κ2) is 13.6. The molecule has 4 aromatic carbocycles. The van der Waals surface area contributed by atoms with E-state index in [0.717, 1.165) is 45.8 Å². The highest BCUT2D eigenvalue weighted by atomic mass is 35.5. The fourth-order valence-corrected chi connectivity index (χ4v) is 7.72. The number of halogens is 1. The third kappa shape index (κ3) is 6.73. The standard InChI is InChI=1S/C39H33ClN2O4S/c1-25-18-32-36(45-23-31-15-14-29(21-41-31)27-9-3-2-4-10-27)17-16-33-38(32)39(47-25)34(42(33)22-26-8-7-12-30(40)19-26)24-46-35-13-6-5-11-28(35)20-37(43)44/h2-17,19,21,25H,18,20,22-24H2,1H3,(H,43,44)/t25-/m0/s1. The zero-order valence-corrected chi connectivity index (χ0v) is 27.4. The fourth-order valence-electron chi connectivity index (χ4n) is 6.21. The van der Waals surface area contributed by atoms with Crippen molar-refractivity contribution in [3.63, 3.8) is 0 Å². The summed E-state index contributed by atoms with van der Waals surface area (Å²) in [4.78, 5) is 17.4. The molecule has 47 heavy (non-hydrogen) atoms. The number of nitrogens with zero attached hydrogens (tertiary/aromatic N) is 2. The van der Waals surface area contributed by atoms with Crippen LogP contribution in [-0.4, -0.2) is 25.9 Å². The van der Waals surface area contributed by atoms with Crippen molar-refractivity contribution in [2.24, 2.45) is 0 Å². The zero-order chi connectivity index (χ0) is 32.3. The molecule has 0 fully saturated rings. The number of rotatable bonds is 11. The van der Waals surface area contributed by atoms with Gasteiger partial charge in [-0.15, -0.1) is 11.8 Å². The first-order valence-corrected chi connectivity index (χ1v) is 16.8. The number of para-hydroxylation sites is 1. The molecule has 0 radical (unpaired) electrons. The summed E-state index contributed by atoms with van der Waals surface area (Å²) in [6.45, 7) is 3.50. The number of ether oxygens (including phenoxy) is 2. The lowest BCUT2D eigenvalue weighted by atomic mass is 10.0. The lowest BCUT2D eigenvalue weighted by Gasteiger charge is -2.22. The number of aliphatic carboxylic acids is 1. The van der Waals surface area contributed by atoms with Crippen LogP contribution >= 0.6 is 23.4 Å². The van der Waals surface area contributed by atoms with E-state index in [4.69, 9.17) is 21.1 Å². The lowest BCUT2D eigenvalue weighted by Crippen LogP contribution is -2.11. The molecular formula is C39H33ClN2O4S. The Morgan fingerprint density at radius 1 is 0.915 bits per heavy atom. The average molecular weight is 661 g/mol. The Morgan fingerprint density at radius 3 is 2.51 bits per heavy atom. The number of thioether (sulfide) groups is 1. The smallest absolute Gasteiger partial charge is 0.307 e. The molecule has 1 aliphatic rings. The van der Waals surface area contributed by atoms with Gasteiger partial charge in [0.2, 0.25) is 0 Å². The van der Waals surface area contributed by atoms with Crippen LogP contribution in [0.25, 0.3) is 22.0 Å². The predicted octanol–water partition coefficient (Wildman–Crippen LogP) is 9.23. The number of carboxylic acid groups (broad SMARTS) is 1. The lowest BCUT2D eigenvalue weighted by molar-refractivity contribution is -0.136. The van der Waals surface area contributed by atoms with E-state index in [0.29, 0.717) is 34.7 Å². The van der Waals surface area contributed by atoms with E-state index < -0.39 is 5.97 Å². The molecule has 8 heteroatoms. The maximum Gasteiger partial charge on any atom is 0.307 e. The topological polar surface area (TPSA) is 73.6 Å². The molecule has 0 saturated carbocycles. The Bertz CT molecular complexity index is 2060. The molecule has 0 spiro atoms. The Balaban J connectivity index is 1.24. The van der Waals surface area contributed by atoms with Gasteiger partial charge in [0.25, 0.3) is 0 Å². The van der Waals surface area contributed by atoms with Crippen LogP contribution in [0.15, 0.2) is 114 Å². The van der Waals surface area contributed by atoms with Crippen molar-refractivity contribution in [1.82, 2.24) is 9.55 Å². The molecular weight excluding hydrogens is 628 g/mol. The summed E-state index contributed by atoms with van der Waals surface area (Å²) >= 11 is 8.24. The van der Waals surface area contributed by atoms with Crippen LogP contribution in [0, 0.1) is 0 Å². The Kier molecular flexibility index (Phi) is 8.92. The fraction of sp³-hybridized carbons (Fsp3) is 0.179. The van der Waals surface area contributed by atoms with Crippen LogP contribution in [0.1, 0.15) is 35.0 Å². The summed E-state index contributed by atoms with van der Waals surface area (Å²) in [6.07, 6.45) is 2.66. The Hall–Kier alpha value is -4.72. The minimum Gasteiger partial charge on any atom is -0.487 e. The van der Waals surface area contributed by atoms with Gasteiger partial charge >= 0.3 is 5.97 Å². The molecule has 1 atom stereocenters. The van der Waals surface area contributed by atoms with Crippen LogP contribution < -0.4 is 9.47 Å². The molecule has 2 aromatic heterocycles. The largest absolute Gasteiger partial charge is 0.487 e. The summed E-state index contributed by atoms with van der Waals surface area (Å²) < 4.78 is 15.2. The van der Waals surface area contributed by atoms with Crippen LogP contribution in [-0.2, 0) is 37.4 Å². The number of carboxylic acids is 1. The molecule has 6 nitrogen and oxygen atoms in total. The minimum atomic E-state index is -0.893. The number of aromatic nitrogens is 2. The summed E-state index contributed by atoms with van der Waals surface area (Å²) in [5, 5.41) is 11.6. The van der Waals surface area contributed by atoms with Gasteiger partial charge in [-0.3, -0.25) is 9.78 Å². The third-order valence-corrected chi connectivity index (χ3v) is 9.86. The normalized spacial score (nSPS) is 13.9. The van der Waals surface area contributed by atoms with Gasteiger partial charge in [0.15, 0.2) is 0 Å². The van der Waals surface area contributed by atoms with E-state index in [1.807, 2.05) is 78.6 Å². The molecule has 3 heterocycles. The molecule has 1 N–H and O–H groups in total. The van der Waals surface area contributed by atoms with Gasteiger partial charge in [0, 0.05) is 50.0 Å². The number of hydrogen-bond acceptors (Lipinski definition) is 5. The highest BCUT2D eigenvalue weighted by Crippen LogP contribution is 2.47. The van der Waals surface area contributed by atoms with Gasteiger partial charge in [-0.1, -0.05) is 85.3 Å². The second-order valence-electron chi connectivity index (χ2n) is 11.7. The quantitative estimate of drug-likeness (QED) is 0.149. The minimum absolute atomic E-state index is 0.102. The molecule has 7 rings (SSSR count). The third-order valence-electron chi connectivity index (χ3n) is 8.38. The molecule has 236 valence electrons. The first-order valence-electron chi connectivity index (χ1n) is 15.6. The van der Waals surface area contributed by atoms with Gasteiger partial charge in [-0.25, -0.2) is 0 Å². The summed E-state index contributed by atoms with van der Waals surface area (Å²) in [6, 6.07) is 33.8. The van der Waals surface area contributed by atoms with Crippen molar-refractivity contribution >= 4 is 40.2 Å². The molecule has 6 aromatic rings. The van der Waals surface area contributed by atoms with Crippen molar-refractivity contribution in [3.05, 3.63) is 142 Å². The molecule has 1 aliphatic heterocycles. The monoisotopic (exact) mass is 660 g/mol. The van der Waals surface area contributed by atoms with E-state index in [-0.39, 0.29) is 13.0 Å². The van der Waals surface area contributed by atoms with E-state index in [1.54, 1.807) is 6.07 Å². The van der Waals surface area contributed by atoms with Crippen molar-refractivity contribution in [1.29, 1.82) is 0 Å². The first-order chi connectivity index (χ1) is 22.9. The number of benzene rings is 4. The van der Waals surface area contributed by atoms with Gasteiger partial charge in [0.1, 0.15) is 24.7 Å². The van der Waals surface area contributed by atoms with Crippen molar-refractivity contribution < 1.29 is 19.4 Å². The second-order valence-corrected chi connectivity index (χ2v) is 13.6. The SMILES string of the molecule is C[C@H]1Cc2c(OCc3ccc(-c4ccccc4)cn3)ccc3c2c(c(COc2ccccc2CC(=O)O)n3Cc2cccc(Cl)c2)S1. The van der Waals surface area contributed by atoms with Crippen LogP contribution in [0.5, 0.6) is 11.5 Å². The molecule has 0 aliphatic carbocycles. The van der Waals surface area contributed by atoms with E-state index in [2.05, 4.69) is 52.9 Å². The molecule has 0 amide bonds. The van der Waals surface area contributed by atoms with Gasteiger partial charge in [0.05, 0.1) is 23.3 Å². The maximum atomic E-state index is 11.5. The van der Waals surface area contributed by atoms with Crippen LogP contribution in [0.3, 0.4) is 0 Å². The number of pyridine rings is 1. The van der Waals surface area contributed by atoms with Gasteiger partial charge in [-0.2, -0.15) is 0 Å². The Morgan fingerprint density at radius 2 is 1.72 bits per heavy atom. The summed E-state index contributed by atoms with van der Waals surface area (Å²) in [7, 11) is 0. The van der Waals surface area contributed by atoms with Crippen molar-refractivity contribution in [2.45, 2.75) is 49.7 Å². The molecule has 0 saturated heterocycles. The zero-order valence-electron chi connectivity index (χ0n) is 25.9. The van der Waals surface area contributed by atoms with Crippen molar-refractivity contribution in [3.8, 4) is 22.6 Å². The summed E-state index contributed by atoms with van der Waals surface area (Å²) in [5.74, 6) is 0.541. The van der Waals surface area contributed by atoms with E-state index in [1.165, 1.54) is 15.8 Å². The molecule has 0 unspecified atom stereocenters. The highest BCUT2D eigenvalue weighted by Gasteiger charge is 2.29. The Labute approximate surface area is 283 Å². The van der Waals surface area contributed by atoms with E-state index in [9.17, 15) is 9.90 Å². The summed E-state index contributed by atoms with van der Waals surface area (Å²) in [5.41, 5.74) is 8.12. The van der Waals surface area contributed by atoms with Gasteiger partial charge < -0.3 is 19.1 Å². The van der Waals surface area contributed by atoms with Gasteiger partial charge in [-0.05, 0) is 53.9 Å². The van der Waals surface area contributed by atoms with Crippen LogP contribution in [0.4, 0.5) is 0 Å². The van der Waals surface area contributed by atoms with Crippen molar-refractivity contribution in [2.75, 3.05) is 0 Å². The number of hydrogen-bond donors (Lipinski definition) is 1. The van der Waals surface area contributed by atoms with E-state index >= 15 is 0 Å². The highest BCUT2D eigenvalue weighted by molar-refractivity contribution is 8.00. The van der Waals surface area contributed by atoms with Crippen LogP contribution in [0.2, 0.25) is 5.02 Å². The average Bonchev–Trinajstić information content (AvgIpc) is 3.36. The molecule has 0 bridgehead atoms. The number of carbonyl (C=O) groups is 1. The first kappa shape index (κ1) is 30.9. The predicted molar refractivity (Wildman–Crippen MR) is 188 cm³/mol. The maximum absolute atomic E-state index is 11.5.